The van der Waals surface area contributed by atoms with Gasteiger partial charge in [0.25, 0.3) is 0 Å². The molecule has 3 atom stereocenters. The first-order valence-corrected chi connectivity index (χ1v) is 18.8. The fourth-order valence-electron chi connectivity index (χ4n) is 9.75. The van der Waals surface area contributed by atoms with E-state index in [1.807, 2.05) is 25.1 Å². The number of benzene rings is 1. The summed E-state index contributed by atoms with van der Waals surface area (Å²) in [7, 11) is 0. The van der Waals surface area contributed by atoms with Crippen molar-refractivity contribution < 1.29 is 14.6 Å². The van der Waals surface area contributed by atoms with Gasteiger partial charge >= 0.3 is 5.97 Å². The summed E-state index contributed by atoms with van der Waals surface area (Å²) in [5, 5.41) is 18.9. The first kappa shape index (κ1) is 32.4. The van der Waals surface area contributed by atoms with E-state index in [4.69, 9.17) is 20.4 Å². The molecule has 10 heteroatoms. The van der Waals surface area contributed by atoms with Crippen molar-refractivity contribution in [2.45, 2.75) is 89.5 Å². The van der Waals surface area contributed by atoms with Crippen molar-refractivity contribution >= 4 is 17.5 Å². The first-order valence-electron chi connectivity index (χ1n) is 18.8. The number of nitrogens with two attached hydrogens (primary N) is 1. The Morgan fingerprint density at radius 1 is 1.04 bits per heavy atom. The maximum absolute atomic E-state index is 12.2. The van der Waals surface area contributed by atoms with Gasteiger partial charge in [0.05, 0.1) is 23.9 Å². The summed E-state index contributed by atoms with van der Waals surface area (Å²) in [6.07, 6.45) is 16.8. The predicted octanol–water partition coefficient (Wildman–Crippen LogP) is 6.01. The third kappa shape index (κ3) is 6.73. The number of nitrogen functional groups attached to an aromatic ring is 1. The third-order valence-electron chi connectivity index (χ3n) is 12.8. The van der Waals surface area contributed by atoms with E-state index in [-0.39, 0.29) is 17.6 Å². The Hall–Kier alpha value is -3.79. The van der Waals surface area contributed by atoms with Gasteiger partial charge in [-0.05, 0) is 137 Å². The van der Waals surface area contributed by atoms with Crippen LogP contribution in [0.4, 0.5) is 11.5 Å². The molecular formula is C39H51N7O3. The van der Waals surface area contributed by atoms with Crippen LogP contribution in [0.3, 0.4) is 0 Å². The molecule has 0 amide bonds. The summed E-state index contributed by atoms with van der Waals surface area (Å²) in [5.74, 6) is 4.27. The Kier molecular flexibility index (Phi) is 8.93. The molecule has 5 fully saturated rings. The number of anilines is 2. The van der Waals surface area contributed by atoms with E-state index in [0.29, 0.717) is 52.9 Å². The van der Waals surface area contributed by atoms with Gasteiger partial charge in [0.1, 0.15) is 11.6 Å². The number of carbonyl (C=O) groups is 1. The molecule has 49 heavy (non-hydrogen) atoms. The van der Waals surface area contributed by atoms with Crippen molar-refractivity contribution in [3.8, 4) is 17.0 Å². The number of aromatic hydroxyl groups is 1. The third-order valence-corrected chi connectivity index (χ3v) is 12.8. The quantitative estimate of drug-likeness (QED) is 0.262. The number of nitrogens with zero attached hydrogens (tertiary/aromatic N) is 6. The van der Waals surface area contributed by atoms with E-state index >= 15 is 0 Å². The number of aromatic nitrogens is 4. The second-order valence-electron chi connectivity index (χ2n) is 15.7. The van der Waals surface area contributed by atoms with Gasteiger partial charge in [0.15, 0.2) is 5.82 Å². The molecule has 2 saturated heterocycles. The van der Waals surface area contributed by atoms with Gasteiger partial charge in [-0.1, -0.05) is 12.1 Å². The largest absolute Gasteiger partial charge is 0.507 e. The summed E-state index contributed by atoms with van der Waals surface area (Å²) in [4.78, 5) is 27.0. The molecule has 2 aromatic heterocycles. The normalized spacial score (nSPS) is 30.1. The number of phenolic OH excluding ortho intramolecular Hbond substituents is 1. The van der Waals surface area contributed by atoms with Crippen molar-refractivity contribution in [2.75, 3.05) is 43.4 Å². The van der Waals surface area contributed by atoms with Crippen LogP contribution in [-0.4, -0.2) is 75.0 Å². The summed E-state index contributed by atoms with van der Waals surface area (Å²) in [6.45, 7) is 6.62. The fourth-order valence-corrected chi connectivity index (χ4v) is 9.75. The molecule has 5 aliphatic rings. The van der Waals surface area contributed by atoms with Gasteiger partial charge in [-0.15, -0.1) is 10.2 Å². The number of rotatable bonds is 9. The van der Waals surface area contributed by atoms with Crippen LogP contribution < -0.4 is 10.6 Å². The number of esters is 1. The highest BCUT2D eigenvalue weighted by atomic mass is 16.5. The second-order valence-corrected chi connectivity index (χ2v) is 15.7. The van der Waals surface area contributed by atoms with Crippen molar-refractivity contribution in [2.24, 2.45) is 29.1 Å². The SMILES string of the molecule is CCOC(=O)C1CCC2(CC1)CC(N1CCC(c3cnc(CCC4CN(c5cc(-c6ccccc6O)nnc5N)CC5CC45)nc3)CC1)C2. The molecule has 3 saturated carbocycles. The summed E-state index contributed by atoms with van der Waals surface area (Å²) < 4.78 is 5.28. The Bertz CT molecular complexity index is 1630. The smallest absolute Gasteiger partial charge is 0.308 e. The minimum absolute atomic E-state index is 0.0202. The lowest BCUT2D eigenvalue weighted by atomic mass is 9.56. The van der Waals surface area contributed by atoms with Gasteiger partial charge in [-0.3, -0.25) is 4.79 Å². The zero-order chi connectivity index (χ0) is 33.5. The molecule has 1 spiro atoms. The van der Waals surface area contributed by atoms with Crippen LogP contribution in [0, 0.1) is 29.1 Å². The number of carbonyl (C=O) groups excluding carboxylic acids is 1. The Morgan fingerprint density at radius 3 is 2.53 bits per heavy atom. The first-order chi connectivity index (χ1) is 23.9. The summed E-state index contributed by atoms with van der Waals surface area (Å²) in [5.41, 5.74) is 10.3. The molecule has 8 rings (SSSR count). The van der Waals surface area contributed by atoms with Crippen LogP contribution in [0.5, 0.6) is 5.75 Å². The van der Waals surface area contributed by atoms with Crippen LogP contribution in [0.1, 0.15) is 88.4 Å². The van der Waals surface area contributed by atoms with Gasteiger partial charge in [0, 0.05) is 43.5 Å². The number of aryl methyl sites for hydroxylation is 1. The predicted molar refractivity (Wildman–Crippen MR) is 189 cm³/mol. The maximum Gasteiger partial charge on any atom is 0.308 e. The molecule has 3 unspecified atom stereocenters. The lowest BCUT2D eigenvalue weighted by molar-refractivity contribution is -0.151. The van der Waals surface area contributed by atoms with Crippen molar-refractivity contribution in [1.82, 2.24) is 25.1 Å². The maximum atomic E-state index is 12.2. The summed E-state index contributed by atoms with van der Waals surface area (Å²) in [6, 6.07) is 9.92. The Balaban J connectivity index is 0.807. The molecule has 3 aromatic rings. The number of likely N-dealkylation sites (tertiary alicyclic amines) is 1. The molecule has 10 nitrogen and oxygen atoms in total. The standard InChI is InChI=1S/C39H51N7O3/c1-2-49-38(48)26-9-13-39(14-10-26)19-30(20-39)45-15-11-25(12-16-45)29-21-41-36(42-22-29)8-7-27-23-46(24-28-17-32(27)28)34-18-33(43-44-37(34)40)31-5-3-4-6-35(31)47/h3-6,18,21-22,25-28,30,32,47H,2,7-17,19-20,23-24H2,1H3,(H2,40,44). The van der Waals surface area contributed by atoms with E-state index in [1.165, 1.54) is 50.5 Å². The number of hydrogen-bond acceptors (Lipinski definition) is 10. The van der Waals surface area contributed by atoms with Crippen molar-refractivity contribution in [1.29, 1.82) is 0 Å². The van der Waals surface area contributed by atoms with Gasteiger partial charge in [0.2, 0.25) is 0 Å². The van der Waals surface area contributed by atoms with Crippen LogP contribution in [0.25, 0.3) is 11.3 Å². The lowest BCUT2D eigenvalue weighted by Crippen LogP contribution is -2.54. The number of phenols is 1. The minimum Gasteiger partial charge on any atom is -0.507 e. The van der Waals surface area contributed by atoms with Crippen LogP contribution >= 0.6 is 0 Å². The topological polar surface area (TPSA) is 131 Å². The minimum atomic E-state index is 0.0202. The Morgan fingerprint density at radius 2 is 1.80 bits per heavy atom. The molecule has 3 N–H and O–H groups in total. The summed E-state index contributed by atoms with van der Waals surface area (Å²) >= 11 is 0. The molecule has 2 aliphatic heterocycles. The number of fused-ring (bicyclic) bond motifs is 1. The molecule has 0 bridgehead atoms. The van der Waals surface area contributed by atoms with Gasteiger partial charge < -0.3 is 25.4 Å². The highest BCUT2D eigenvalue weighted by Gasteiger charge is 2.50. The molecule has 3 aliphatic carbocycles. The van der Waals surface area contributed by atoms with Crippen LogP contribution in [-0.2, 0) is 16.0 Å². The lowest BCUT2D eigenvalue weighted by Gasteiger charge is -2.55. The highest BCUT2D eigenvalue weighted by molar-refractivity contribution is 5.74. The molecule has 0 radical (unpaired) electrons. The van der Waals surface area contributed by atoms with Crippen LogP contribution in [0.15, 0.2) is 42.7 Å². The zero-order valence-corrected chi connectivity index (χ0v) is 28.8. The number of ether oxygens (including phenoxy) is 1. The fraction of sp³-hybridized carbons (Fsp3) is 0.615. The molecule has 1 aromatic carbocycles. The number of piperidine rings is 2. The average Bonchev–Trinajstić information content (AvgIpc) is 3.91. The number of hydrogen-bond donors (Lipinski definition) is 2. The van der Waals surface area contributed by atoms with Crippen molar-refractivity contribution in [3.05, 3.63) is 54.1 Å². The van der Waals surface area contributed by atoms with Crippen molar-refractivity contribution in [3.63, 3.8) is 0 Å². The van der Waals surface area contributed by atoms with Gasteiger partial charge in [-0.25, -0.2) is 9.97 Å². The van der Waals surface area contributed by atoms with E-state index in [2.05, 4.69) is 32.4 Å². The second kappa shape index (κ2) is 13.5. The van der Waals surface area contributed by atoms with E-state index in [9.17, 15) is 9.90 Å². The zero-order valence-electron chi connectivity index (χ0n) is 28.8. The molecular weight excluding hydrogens is 614 g/mol. The highest BCUT2D eigenvalue weighted by Crippen LogP contribution is 2.55. The number of para-hydroxylation sites is 1. The molecule has 260 valence electrons. The monoisotopic (exact) mass is 665 g/mol. The van der Waals surface area contributed by atoms with E-state index in [0.717, 1.165) is 69.3 Å². The average molecular weight is 666 g/mol. The molecule has 4 heterocycles. The van der Waals surface area contributed by atoms with Gasteiger partial charge in [-0.2, -0.15) is 0 Å². The van der Waals surface area contributed by atoms with E-state index < -0.39 is 0 Å². The Labute approximate surface area is 289 Å². The van der Waals surface area contributed by atoms with E-state index in [1.54, 1.807) is 12.1 Å². The van der Waals surface area contributed by atoms with Crippen LogP contribution in [0.2, 0.25) is 0 Å².